The molecule has 2 N–H and O–H groups in total. The summed E-state index contributed by atoms with van der Waals surface area (Å²) in [5.41, 5.74) is 5.72. The second-order valence-electron chi connectivity index (χ2n) is 5.00. The number of hydrogen-bond acceptors (Lipinski definition) is 5. The highest BCUT2D eigenvalue weighted by atomic mass is 32.2. The van der Waals surface area contributed by atoms with Crippen molar-refractivity contribution in [1.82, 2.24) is 19.0 Å². The summed E-state index contributed by atoms with van der Waals surface area (Å²) in [6.07, 6.45) is 2.35. The molecule has 0 amide bonds. The molecular formula is C11H21N5O2S. The van der Waals surface area contributed by atoms with E-state index < -0.39 is 10.0 Å². The average Bonchev–Trinajstić information content (AvgIpc) is 2.95. The van der Waals surface area contributed by atoms with E-state index in [1.165, 1.54) is 10.5 Å². The molecule has 0 saturated carbocycles. The minimum Gasteiger partial charge on any atom is -0.381 e. The standard InChI is InChI=1S/C11H21N5O2S/c1-4-15-8-10(11(12)13-15)19(17,18)16-6-5-9(7-16)14(2)3/h8-9H,4-7H2,1-3H3,(H2,12,13). The minimum absolute atomic E-state index is 0.0788. The van der Waals surface area contributed by atoms with Crippen molar-refractivity contribution in [1.29, 1.82) is 0 Å². The zero-order chi connectivity index (χ0) is 14.2. The van der Waals surface area contributed by atoms with Crippen LogP contribution >= 0.6 is 0 Å². The van der Waals surface area contributed by atoms with Gasteiger partial charge in [0.05, 0.1) is 0 Å². The molecule has 0 bridgehead atoms. The molecule has 108 valence electrons. The van der Waals surface area contributed by atoms with Crippen LogP contribution in [0.15, 0.2) is 11.1 Å². The molecular weight excluding hydrogens is 266 g/mol. The number of rotatable bonds is 4. The van der Waals surface area contributed by atoms with Gasteiger partial charge in [0, 0.05) is 31.9 Å². The molecule has 7 nitrogen and oxygen atoms in total. The first kappa shape index (κ1) is 14.3. The van der Waals surface area contributed by atoms with E-state index in [2.05, 4.69) is 5.10 Å². The Morgan fingerprint density at radius 2 is 2.21 bits per heavy atom. The Morgan fingerprint density at radius 3 is 2.68 bits per heavy atom. The maximum Gasteiger partial charge on any atom is 0.248 e. The summed E-state index contributed by atoms with van der Waals surface area (Å²) in [7, 11) is 0.398. The van der Waals surface area contributed by atoms with Crippen LogP contribution in [0.1, 0.15) is 13.3 Å². The molecule has 19 heavy (non-hydrogen) atoms. The predicted octanol–water partition coefficient (Wildman–Crippen LogP) is -0.190. The van der Waals surface area contributed by atoms with Crippen molar-refractivity contribution in [2.45, 2.75) is 30.8 Å². The van der Waals surface area contributed by atoms with Gasteiger partial charge in [-0.05, 0) is 27.4 Å². The fraction of sp³-hybridized carbons (Fsp3) is 0.727. The summed E-state index contributed by atoms with van der Waals surface area (Å²) >= 11 is 0. The lowest BCUT2D eigenvalue weighted by molar-refractivity contribution is 0.302. The van der Waals surface area contributed by atoms with Gasteiger partial charge in [0.25, 0.3) is 0 Å². The summed E-state index contributed by atoms with van der Waals surface area (Å²) in [6, 6.07) is 0.261. The third-order valence-corrected chi connectivity index (χ3v) is 5.43. The molecule has 2 rings (SSSR count). The number of nitrogens with zero attached hydrogens (tertiary/aromatic N) is 4. The van der Waals surface area contributed by atoms with Gasteiger partial charge in [-0.15, -0.1) is 0 Å². The van der Waals surface area contributed by atoms with Crippen LogP contribution in [-0.2, 0) is 16.6 Å². The largest absolute Gasteiger partial charge is 0.381 e. The lowest BCUT2D eigenvalue weighted by Gasteiger charge is -2.19. The molecule has 2 heterocycles. The summed E-state index contributed by atoms with van der Waals surface area (Å²) in [4.78, 5) is 2.17. The average molecular weight is 287 g/mol. The maximum absolute atomic E-state index is 12.5. The highest BCUT2D eigenvalue weighted by Crippen LogP contribution is 2.25. The van der Waals surface area contributed by atoms with Crippen molar-refractivity contribution in [2.24, 2.45) is 0 Å². The van der Waals surface area contributed by atoms with Crippen molar-refractivity contribution in [2.75, 3.05) is 32.9 Å². The SMILES string of the molecule is CCn1cc(S(=O)(=O)N2CCC(N(C)C)C2)c(N)n1. The Bertz CT molecular complexity index is 551. The van der Waals surface area contributed by atoms with Crippen LogP contribution in [0.5, 0.6) is 0 Å². The van der Waals surface area contributed by atoms with Crippen LogP contribution in [0.3, 0.4) is 0 Å². The molecule has 1 unspecified atom stereocenters. The third-order valence-electron chi connectivity index (χ3n) is 3.55. The molecule has 0 aromatic carbocycles. The summed E-state index contributed by atoms with van der Waals surface area (Å²) < 4.78 is 28.1. The first-order chi connectivity index (χ1) is 8.86. The van der Waals surface area contributed by atoms with Gasteiger partial charge >= 0.3 is 0 Å². The Balaban J connectivity index is 2.26. The normalized spacial score (nSPS) is 21.4. The molecule has 1 fully saturated rings. The van der Waals surface area contributed by atoms with Crippen LogP contribution in [0.25, 0.3) is 0 Å². The summed E-state index contributed by atoms with van der Waals surface area (Å²) in [6.45, 7) is 3.52. The highest BCUT2D eigenvalue weighted by molar-refractivity contribution is 7.89. The molecule has 8 heteroatoms. The summed E-state index contributed by atoms with van der Waals surface area (Å²) in [5, 5.41) is 4.00. The van der Waals surface area contributed by atoms with E-state index in [0.29, 0.717) is 19.6 Å². The van der Waals surface area contributed by atoms with Crippen molar-refractivity contribution in [3.05, 3.63) is 6.20 Å². The number of nitrogens with two attached hydrogens (primary N) is 1. The monoisotopic (exact) mass is 287 g/mol. The fourth-order valence-corrected chi connectivity index (χ4v) is 3.82. The van der Waals surface area contributed by atoms with Crippen molar-refractivity contribution in [3.8, 4) is 0 Å². The summed E-state index contributed by atoms with van der Waals surface area (Å²) in [5.74, 6) is 0.0788. The smallest absolute Gasteiger partial charge is 0.248 e. The van der Waals surface area contributed by atoms with Gasteiger partial charge in [-0.2, -0.15) is 9.40 Å². The molecule has 1 aromatic heterocycles. The van der Waals surface area contributed by atoms with E-state index in [4.69, 9.17) is 5.73 Å². The second-order valence-corrected chi connectivity index (χ2v) is 6.91. The van der Waals surface area contributed by atoms with Crippen LogP contribution in [-0.4, -0.2) is 60.6 Å². The molecule has 0 spiro atoms. The van der Waals surface area contributed by atoms with Crippen molar-refractivity contribution >= 4 is 15.8 Å². The van der Waals surface area contributed by atoms with Gasteiger partial charge in [-0.3, -0.25) is 4.68 Å². The van der Waals surface area contributed by atoms with E-state index in [0.717, 1.165) is 6.42 Å². The highest BCUT2D eigenvalue weighted by Gasteiger charge is 2.35. The van der Waals surface area contributed by atoms with Crippen LogP contribution in [0.2, 0.25) is 0 Å². The minimum atomic E-state index is -3.53. The molecule has 0 radical (unpaired) electrons. The molecule has 1 aliphatic rings. The van der Waals surface area contributed by atoms with Gasteiger partial charge in [0.1, 0.15) is 4.90 Å². The van der Waals surface area contributed by atoms with E-state index in [1.807, 2.05) is 25.9 Å². The lowest BCUT2D eigenvalue weighted by Crippen LogP contribution is -2.34. The second kappa shape index (κ2) is 5.10. The van der Waals surface area contributed by atoms with Crippen LogP contribution in [0.4, 0.5) is 5.82 Å². The maximum atomic E-state index is 12.5. The number of hydrogen-bond donors (Lipinski definition) is 1. The number of aromatic nitrogens is 2. The predicted molar refractivity (Wildman–Crippen MR) is 73.2 cm³/mol. The van der Waals surface area contributed by atoms with E-state index in [-0.39, 0.29) is 16.8 Å². The molecule has 0 aliphatic carbocycles. The van der Waals surface area contributed by atoms with Crippen molar-refractivity contribution in [3.63, 3.8) is 0 Å². The van der Waals surface area contributed by atoms with Crippen LogP contribution in [0, 0.1) is 0 Å². The Hall–Kier alpha value is -1.12. The zero-order valence-electron chi connectivity index (χ0n) is 11.6. The third kappa shape index (κ3) is 2.60. The Labute approximate surface area is 114 Å². The van der Waals surface area contributed by atoms with Crippen LogP contribution < -0.4 is 5.73 Å². The van der Waals surface area contributed by atoms with Gasteiger partial charge in [-0.1, -0.05) is 0 Å². The number of aryl methyl sites for hydroxylation is 1. The van der Waals surface area contributed by atoms with Gasteiger partial charge in [0.2, 0.25) is 10.0 Å². The number of nitrogen functional groups attached to an aromatic ring is 1. The molecule has 1 aliphatic heterocycles. The number of anilines is 1. The lowest BCUT2D eigenvalue weighted by atomic mass is 10.2. The van der Waals surface area contributed by atoms with Gasteiger partial charge < -0.3 is 10.6 Å². The quantitative estimate of drug-likeness (QED) is 0.829. The molecule has 1 atom stereocenters. The first-order valence-electron chi connectivity index (χ1n) is 6.35. The van der Waals surface area contributed by atoms with E-state index in [9.17, 15) is 8.42 Å². The Morgan fingerprint density at radius 1 is 1.53 bits per heavy atom. The van der Waals surface area contributed by atoms with Crippen molar-refractivity contribution < 1.29 is 8.42 Å². The van der Waals surface area contributed by atoms with E-state index >= 15 is 0 Å². The number of sulfonamides is 1. The molecule has 1 saturated heterocycles. The topological polar surface area (TPSA) is 84.5 Å². The molecule has 1 aromatic rings. The van der Waals surface area contributed by atoms with Gasteiger partial charge in [0.15, 0.2) is 5.82 Å². The fourth-order valence-electron chi connectivity index (χ4n) is 2.27. The van der Waals surface area contributed by atoms with Gasteiger partial charge in [-0.25, -0.2) is 8.42 Å². The Kier molecular flexibility index (Phi) is 3.84. The first-order valence-corrected chi connectivity index (χ1v) is 7.79. The number of likely N-dealkylation sites (N-methyl/N-ethyl adjacent to an activating group) is 1. The zero-order valence-corrected chi connectivity index (χ0v) is 12.4. The van der Waals surface area contributed by atoms with E-state index in [1.54, 1.807) is 4.68 Å².